The number of amides is 1. The maximum Gasteiger partial charge on any atom is 0.243 e. The summed E-state index contributed by atoms with van der Waals surface area (Å²) in [4.78, 5) is 21.4. The van der Waals surface area contributed by atoms with Gasteiger partial charge >= 0.3 is 0 Å². The van der Waals surface area contributed by atoms with E-state index in [9.17, 15) is 13.2 Å². The van der Waals surface area contributed by atoms with Crippen molar-refractivity contribution in [3.05, 3.63) is 41.5 Å². The Labute approximate surface area is 214 Å². The van der Waals surface area contributed by atoms with Crippen LogP contribution in [0.3, 0.4) is 0 Å². The lowest BCUT2D eigenvalue weighted by molar-refractivity contribution is -0.131. The first-order valence-electron chi connectivity index (χ1n) is 13.2. The van der Waals surface area contributed by atoms with Crippen molar-refractivity contribution in [2.75, 3.05) is 39.3 Å². The molecule has 0 unspecified atom stereocenters. The number of benzene rings is 1. The molecule has 0 saturated carbocycles. The van der Waals surface area contributed by atoms with Gasteiger partial charge in [0.25, 0.3) is 0 Å². The fourth-order valence-electron chi connectivity index (χ4n) is 4.89. The summed E-state index contributed by atoms with van der Waals surface area (Å²) in [5.41, 5.74) is 1.15. The third-order valence-corrected chi connectivity index (χ3v) is 8.84. The van der Waals surface area contributed by atoms with Crippen molar-refractivity contribution >= 4 is 15.9 Å². The Morgan fingerprint density at radius 1 is 0.972 bits per heavy atom. The zero-order valence-corrected chi connectivity index (χ0v) is 22.4. The molecular formula is C26H39N5O4S. The number of carbonyl (C=O) groups is 1. The molecule has 2 saturated heterocycles. The minimum atomic E-state index is -3.51. The zero-order valence-electron chi connectivity index (χ0n) is 21.6. The van der Waals surface area contributed by atoms with Crippen LogP contribution in [0.2, 0.25) is 0 Å². The first-order chi connectivity index (χ1) is 17.3. The highest BCUT2D eigenvalue weighted by Crippen LogP contribution is 2.20. The van der Waals surface area contributed by atoms with Crippen molar-refractivity contribution in [2.24, 2.45) is 5.92 Å². The summed E-state index contributed by atoms with van der Waals surface area (Å²) in [5.74, 6) is 1.74. The lowest BCUT2D eigenvalue weighted by Gasteiger charge is -2.33. The predicted molar refractivity (Wildman–Crippen MR) is 137 cm³/mol. The Balaban J connectivity index is 1.23. The quantitative estimate of drug-likeness (QED) is 0.504. The van der Waals surface area contributed by atoms with Crippen LogP contribution in [-0.4, -0.2) is 77.8 Å². The van der Waals surface area contributed by atoms with E-state index in [1.54, 1.807) is 16.4 Å². The number of aromatic nitrogens is 2. The van der Waals surface area contributed by atoms with Gasteiger partial charge in [0.1, 0.15) is 0 Å². The minimum Gasteiger partial charge on any atom is -0.343 e. The van der Waals surface area contributed by atoms with E-state index in [0.717, 1.165) is 37.9 Å². The van der Waals surface area contributed by atoms with Crippen LogP contribution >= 0.6 is 0 Å². The number of piperazine rings is 1. The summed E-state index contributed by atoms with van der Waals surface area (Å²) in [6, 6.07) is 7.27. The van der Waals surface area contributed by atoms with Gasteiger partial charge in [-0.15, -0.1) is 0 Å². The number of hydrogen-bond acceptors (Lipinski definition) is 7. The molecule has 0 bridgehead atoms. The van der Waals surface area contributed by atoms with Crippen LogP contribution in [0, 0.1) is 5.92 Å². The monoisotopic (exact) mass is 517 g/mol. The van der Waals surface area contributed by atoms with E-state index in [-0.39, 0.29) is 5.91 Å². The van der Waals surface area contributed by atoms with E-state index >= 15 is 0 Å². The standard InChI is InChI=1S/C26H39N5O4S/c1-21(2)19-22-7-9-23(10-8-22)36(33,34)31-17-15-29(16-18-31)20-24-27-25(35-28-24)11-12-26(32)30-13-5-3-4-6-14-30/h7-10,21H,3-6,11-20H2,1-2H3. The van der Waals surface area contributed by atoms with Crippen LogP contribution in [0.15, 0.2) is 33.7 Å². The molecule has 2 aliphatic rings. The van der Waals surface area contributed by atoms with Gasteiger partial charge in [-0.1, -0.05) is 44.0 Å². The van der Waals surface area contributed by atoms with Crippen molar-refractivity contribution in [3.8, 4) is 0 Å². The molecule has 1 amide bonds. The molecule has 2 aromatic rings. The number of carbonyl (C=O) groups excluding carboxylic acids is 1. The second-order valence-electron chi connectivity index (χ2n) is 10.3. The fourth-order valence-corrected chi connectivity index (χ4v) is 6.32. The number of aryl methyl sites for hydroxylation is 1. The summed E-state index contributed by atoms with van der Waals surface area (Å²) in [6.45, 7) is 8.54. The molecule has 36 heavy (non-hydrogen) atoms. The first kappa shape index (κ1) is 26.8. The predicted octanol–water partition coefficient (Wildman–Crippen LogP) is 3.11. The maximum absolute atomic E-state index is 13.1. The molecular weight excluding hydrogens is 478 g/mol. The molecule has 1 aromatic carbocycles. The largest absolute Gasteiger partial charge is 0.343 e. The van der Waals surface area contributed by atoms with Crippen LogP contribution in [0.4, 0.5) is 0 Å². The van der Waals surface area contributed by atoms with E-state index in [0.29, 0.717) is 68.1 Å². The second kappa shape index (κ2) is 12.3. The molecule has 3 heterocycles. The van der Waals surface area contributed by atoms with Gasteiger partial charge < -0.3 is 9.42 Å². The molecule has 0 N–H and O–H groups in total. The van der Waals surface area contributed by atoms with Crippen LogP contribution in [0.5, 0.6) is 0 Å². The fraction of sp³-hybridized carbons (Fsp3) is 0.654. The van der Waals surface area contributed by atoms with E-state index in [1.165, 1.54) is 12.8 Å². The van der Waals surface area contributed by atoms with E-state index in [1.807, 2.05) is 17.0 Å². The van der Waals surface area contributed by atoms with Crippen LogP contribution < -0.4 is 0 Å². The maximum atomic E-state index is 13.1. The smallest absolute Gasteiger partial charge is 0.243 e. The van der Waals surface area contributed by atoms with E-state index in [2.05, 4.69) is 28.9 Å². The van der Waals surface area contributed by atoms with Gasteiger partial charge in [0.05, 0.1) is 11.4 Å². The van der Waals surface area contributed by atoms with Crippen molar-refractivity contribution in [1.29, 1.82) is 0 Å². The van der Waals surface area contributed by atoms with Crippen molar-refractivity contribution in [2.45, 2.75) is 70.2 Å². The third kappa shape index (κ3) is 7.14. The Hall–Kier alpha value is -2.30. The number of likely N-dealkylation sites (tertiary alicyclic amines) is 1. The van der Waals surface area contributed by atoms with Gasteiger partial charge in [-0.05, 0) is 42.9 Å². The van der Waals surface area contributed by atoms with Crippen LogP contribution in [0.1, 0.15) is 63.2 Å². The Morgan fingerprint density at radius 3 is 2.28 bits per heavy atom. The van der Waals surface area contributed by atoms with Gasteiger partial charge in [0.15, 0.2) is 5.82 Å². The number of hydrogen-bond donors (Lipinski definition) is 0. The van der Waals surface area contributed by atoms with Crippen molar-refractivity contribution in [3.63, 3.8) is 0 Å². The zero-order chi connectivity index (χ0) is 25.5. The molecule has 198 valence electrons. The molecule has 1 aromatic heterocycles. The normalized spacial score (nSPS) is 18.5. The second-order valence-corrected chi connectivity index (χ2v) is 12.3. The van der Waals surface area contributed by atoms with Gasteiger partial charge in [0.2, 0.25) is 21.8 Å². The van der Waals surface area contributed by atoms with Crippen LogP contribution in [-0.2, 0) is 34.2 Å². The molecule has 0 aliphatic carbocycles. The van der Waals surface area contributed by atoms with Gasteiger partial charge in [-0.25, -0.2) is 8.42 Å². The minimum absolute atomic E-state index is 0.156. The van der Waals surface area contributed by atoms with Crippen molar-refractivity contribution in [1.82, 2.24) is 24.2 Å². The Morgan fingerprint density at radius 2 is 1.64 bits per heavy atom. The van der Waals surface area contributed by atoms with E-state index < -0.39 is 10.0 Å². The average molecular weight is 518 g/mol. The highest BCUT2D eigenvalue weighted by Gasteiger charge is 2.29. The van der Waals surface area contributed by atoms with E-state index in [4.69, 9.17) is 4.52 Å². The summed E-state index contributed by atoms with van der Waals surface area (Å²) in [7, 11) is -3.51. The summed E-state index contributed by atoms with van der Waals surface area (Å²) < 4.78 is 33.1. The lowest BCUT2D eigenvalue weighted by Crippen LogP contribution is -2.48. The number of rotatable bonds is 9. The topological polar surface area (TPSA) is 99.8 Å². The molecule has 4 rings (SSSR count). The third-order valence-electron chi connectivity index (χ3n) is 6.92. The number of sulfonamides is 1. The Bertz CT molecular complexity index is 1080. The molecule has 0 spiro atoms. The van der Waals surface area contributed by atoms with Gasteiger partial charge in [-0.3, -0.25) is 9.69 Å². The van der Waals surface area contributed by atoms with Crippen molar-refractivity contribution < 1.29 is 17.7 Å². The highest BCUT2D eigenvalue weighted by molar-refractivity contribution is 7.89. The number of nitrogens with zero attached hydrogens (tertiary/aromatic N) is 5. The highest BCUT2D eigenvalue weighted by atomic mass is 32.2. The first-order valence-corrected chi connectivity index (χ1v) is 14.7. The SMILES string of the molecule is CC(C)Cc1ccc(S(=O)(=O)N2CCN(Cc3noc(CCC(=O)N4CCCCCC4)n3)CC2)cc1. The lowest BCUT2D eigenvalue weighted by atomic mass is 10.0. The molecule has 0 atom stereocenters. The molecule has 0 radical (unpaired) electrons. The molecule has 2 aliphatic heterocycles. The molecule has 9 nitrogen and oxygen atoms in total. The van der Waals surface area contributed by atoms with Gasteiger partial charge in [-0.2, -0.15) is 9.29 Å². The van der Waals surface area contributed by atoms with Gasteiger partial charge in [0, 0.05) is 52.1 Å². The summed E-state index contributed by atoms with van der Waals surface area (Å²) in [5, 5.41) is 4.08. The van der Waals surface area contributed by atoms with Crippen LogP contribution in [0.25, 0.3) is 0 Å². The average Bonchev–Trinajstić information content (AvgIpc) is 3.12. The molecule has 2 fully saturated rings. The molecule has 10 heteroatoms. The Kier molecular flexibility index (Phi) is 9.14. The summed E-state index contributed by atoms with van der Waals surface area (Å²) in [6.07, 6.45) is 6.32. The summed E-state index contributed by atoms with van der Waals surface area (Å²) >= 11 is 0.